The number of aliphatic carboxylic acids is 1. The Hall–Kier alpha value is -3.19. The molecule has 1 aliphatic carbocycles. The van der Waals surface area contributed by atoms with Crippen LogP contribution in [0.25, 0.3) is 0 Å². The predicted molar refractivity (Wildman–Crippen MR) is 226 cm³/mol. The molecule has 0 fully saturated rings. The normalized spacial score (nSPS) is 18.4. The van der Waals surface area contributed by atoms with E-state index in [1.807, 2.05) is 24.3 Å². The number of phosphoric acid groups is 1. The zero-order valence-electron chi connectivity index (χ0n) is 35.0. The molecule has 0 heterocycles. The van der Waals surface area contributed by atoms with Crippen LogP contribution < -0.4 is 5.73 Å². The van der Waals surface area contributed by atoms with Crippen LogP contribution >= 0.6 is 7.82 Å². The van der Waals surface area contributed by atoms with Gasteiger partial charge in [0, 0.05) is 18.8 Å². The summed E-state index contributed by atoms with van der Waals surface area (Å²) >= 11 is 0. The fraction of sp³-hybridized carbons (Fsp3) is 0.682. The van der Waals surface area contributed by atoms with E-state index in [1.165, 1.54) is 19.3 Å². The number of nitrogens with two attached hydrogens (primary N) is 1. The maximum absolute atomic E-state index is 12.6. The lowest BCUT2D eigenvalue weighted by atomic mass is 9.90. The summed E-state index contributed by atoms with van der Waals surface area (Å²) in [7, 11) is -4.77. The van der Waals surface area contributed by atoms with Crippen molar-refractivity contribution in [1.82, 2.24) is 0 Å². The Kier molecular flexibility index (Phi) is 30.6. The summed E-state index contributed by atoms with van der Waals surface area (Å²) in [5, 5.41) is 19.1. The lowest BCUT2D eigenvalue weighted by Gasteiger charge is -2.20. The second-order valence-electron chi connectivity index (χ2n) is 14.8. The highest BCUT2D eigenvalue weighted by Crippen LogP contribution is 2.43. The standard InChI is InChI=1S/C44H72NO12P/c1-3-5-7-8-9-10-11-12-13-14-15-16-17-18-24-28-43(49)57-38(34-55-58(52,53)56-35-40(45)44(50)51)33-54-42(48)27-23-20-19-22-25-36-29-32-41(47)39(36)31-30-37(46)26-21-6-4-2/h9-10,12-13,19,22,29-32,36-40,46H,3-8,11,14-18,20-21,23-28,33-35,45H2,1-2H3,(H,50,51)(H,52,53)/b10-9-,13-12-,22-19-,31-30+/t36-,37-,38+,39+,40-/m0/s1. The summed E-state index contributed by atoms with van der Waals surface area (Å²) in [6.45, 7) is 2.44. The van der Waals surface area contributed by atoms with Gasteiger partial charge in [0.25, 0.3) is 0 Å². The Morgan fingerprint density at radius 3 is 2.10 bits per heavy atom. The molecule has 1 aliphatic rings. The zero-order chi connectivity index (χ0) is 42.9. The van der Waals surface area contributed by atoms with Gasteiger partial charge < -0.3 is 30.3 Å². The number of esters is 2. The lowest BCUT2D eigenvalue weighted by Crippen LogP contribution is -2.34. The van der Waals surface area contributed by atoms with Crippen molar-refractivity contribution in [1.29, 1.82) is 0 Å². The Balaban J connectivity index is 2.49. The van der Waals surface area contributed by atoms with E-state index in [0.717, 1.165) is 64.2 Å². The van der Waals surface area contributed by atoms with Gasteiger partial charge in [-0.05, 0) is 76.2 Å². The van der Waals surface area contributed by atoms with Gasteiger partial charge in [0.1, 0.15) is 12.6 Å². The molecule has 5 N–H and O–H groups in total. The first-order valence-electron chi connectivity index (χ1n) is 21.4. The van der Waals surface area contributed by atoms with Gasteiger partial charge >= 0.3 is 25.7 Å². The van der Waals surface area contributed by atoms with Crippen molar-refractivity contribution < 1.29 is 57.4 Å². The fourth-order valence-corrected chi connectivity index (χ4v) is 6.74. The fourth-order valence-electron chi connectivity index (χ4n) is 5.97. The van der Waals surface area contributed by atoms with E-state index < -0.39 is 63.8 Å². The molecule has 0 saturated heterocycles. The van der Waals surface area contributed by atoms with Crippen molar-refractivity contribution in [3.63, 3.8) is 0 Å². The molecule has 0 bridgehead atoms. The molecule has 0 aromatic carbocycles. The van der Waals surface area contributed by atoms with Gasteiger partial charge in [0.05, 0.1) is 19.3 Å². The number of carbonyl (C=O) groups is 4. The van der Waals surface area contributed by atoms with E-state index in [9.17, 15) is 33.7 Å². The summed E-state index contributed by atoms with van der Waals surface area (Å²) in [5.41, 5.74) is 5.32. The molecule has 0 spiro atoms. The van der Waals surface area contributed by atoms with Crippen LogP contribution in [0.3, 0.4) is 0 Å². The van der Waals surface area contributed by atoms with Crippen LogP contribution in [0.1, 0.15) is 142 Å². The van der Waals surface area contributed by atoms with E-state index in [-0.39, 0.29) is 30.5 Å². The first-order valence-corrected chi connectivity index (χ1v) is 22.9. The number of aliphatic hydroxyl groups excluding tert-OH is 1. The number of carbonyl (C=O) groups excluding carboxylic acids is 3. The average molecular weight is 838 g/mol. The van der Waals surface area contributed by atoms with E-state index >= 15 is 0 Å². The largest absolute Gasteiger partial charge is 0.480 e. The van der Waals surface area contributed by atoms with Crippen LogP contribution in [0, 0.1) is 11.8 Å². The summed E-state index contributed by atoms with van der Waals surface area (Å²) in [5.74, 6) is -2.87. The molecular weight excluding hydrogens is 765 g/mol. The summed E-state index contributed by atoms with van der Waals surface area (Å²) in [6.07, 6.45) is 34.9. The quantitative estimate of drug-likeness (QED) is 0.0202. The van der Waals surface area contributed by atoms with Crippen molar-refractivity contribution >= 4 is 31.5 Å². The number of hydrogen-bond acceptors (Lipinski definition) is 11. The molecular formula is C44H72NO12P. The van der Waals surface area contributed by atoms with Gasteiger partial charge in [-0.3, -0.25) is 28.2 Å². The first kappa shape index (κ1) is 52.8. The predicted octanol–water partition coefficient (Wildman–Crippen LogP) is 8.79. The van der Waals surface area contributed by atoms with Crippen molar-refractivity contribution in [2.24, 2.45) is 17.6 Å². The van der Waals surface area contributed by atoms with Crippen molar-refractivity contribution in [2.45, 2.75) is 161 Å². The molecule has 0 radical (unpaired) electrons. The summed E-state index contributed by atoms with van der Waals surface area (Å²) in [6, 6.07) is -1.56. The Labute approximate surface area is 346 Å². The molecule has 58 heavy (non-hydrogen) atoms. The van der Waals surface area contributed by atoms with Gasteiger partial charge in [-0.2, -0.15) is 0 Å². The third-order valence-electron chi connectivity index (χ3n) is 9.49. The minimum absolute atomic E-state index is 0.00160. The first-order chi connectivity index (χ1) is 27.9. The molecule has 0 aromatic rings. The molecule has 6 atom stereocenters. The maximum atomic E-state index is 12.6. The monoisotopic (exact) mass is 837 g/mol. The molecule has 14 heteroatoms. The van der Waals surface area contributed by atoms with E-state index in [2.05, 4.69) is 42.7 Å². The SMILES string of the molecule is CCCCC/C=C\C/C=C\CCCCCCCC(=O)O[C@H](COC(=O)CCC/C=C\C[C@H]1C=CC(=O)[C@@H]1/C=C/[C@@H](O)CCCCC)COP(=O)(O)OC[C@H](N)C(=O)O. The number of allylic oxidation sites excluding steroid dienone is 9. The maximum Gasteiger partial charge on any atom is 0.472 e. The number of carboxylic acids is 1. The molecule has 0 saturated carbocycles. The Bertz CT molecular complexity index is 1360. The summed E-state index contributed by atoms with van der Waals surface area (Å²) < 4.78 is 32.6. The molecule has 0 aliphatic heterocycles. The number of ketones is 1. The van der Waals surface area contributed by atoms with Gasteiger partial charge in [0.2, 0.25) is 0 Å². The molecule has 0 aromatic heterocycles. The van der Waals surface area contributed by atoms with Crippen molar-refractivity contribution in [3.05, 3.63) is 60.8 Å². The number of phosphoric ester groups is 1. The smallest absolute Gasteiger partial charge is 0.472 e. The molecule has 13 nitrogen and oxygen atoms in total. The molecule has 330 valence electrons. The van der Waals surface area contributed by atoms with Gasteiger partial charge in [-0.15, -0.1) is 0 Å². The highest BCUT2D eigenvalue weighted by Gasteiger charge is 2.29. The molecule has 0 amide bonds. The van der Waals surface area contributed by atoms with Crippen LogP contribution in [0.2, 0.25) is 0 Å². The second kappa shape index (κ2) is 33.6. The topological polar surface area (TPSA) is 209 Å². The van der Waals surface area contributed by atoms with E-state index in [4.69, 9.17) is 24.8 Å². The Morgan fingerprint density at radius 1 is 0.793 bits per heavy atom. The van der Waals surface area contributed by atoms with Crippen LogP contribution in [0.4, 0.5) is 0 Å². The highest BCUT2D eigenvalue weighted by molar-refractivity contribution is 7.47. The van der Waals surface area contributed by atoms with Crippen molar-refractivity contribution in [2.75, 3.05) is 19.8 Å². The number of aliphatic hydroxyl groups is 1. The lowest BCUT2D eigenvalue weighted by molar-refractivity contribution is -0.161. The number of carboxylic acid groups (broad SMARTS) is 1. The van der Waals surface area contributed by atoms with Gasteiger partial charge in [0.15, 0.2) is 11.9 Å². The number of hydrogen-bond donors (Lipinski definition) is 4. The number of rotatable bonds is 36. The minimum atomic E-state index is -4.77. The zero-order valence-corrected chi connectivity index (χ0v) is 35.9. The van der Waals surface area contributed by atoms with Crippen molar-refractivity contribution in [3.8, 4) is 0 Å². The third kappa shape index (κ3) is 28.3. The van der Waals surface area contributed by atoms with Crippen LogP contribution in [0.5, 0.6) is 0 Å². The van der Waals surface area contributed by atoms with Crippen LogP contribution in [-0.4, -0.2) is 76.9 Å². The summed E-state index contributed by atoms with van der Waals surface area (Å²) in [4.78, 5) is 58.5. The number of ether oxygens (including phenoxy) is 2. The second-order valence-corrected chi connectivity index (χ2v) is 16.2. The van der Waals surface area contributed by atoms with Gasteiger partial charge in [-0.1, -0.05) is 120 Å². The van der Waals surface area contributed by atoms with Crippen LogP contribution in [-0.2, 0) is 42.3 Å². The highest BCUT2D eigenvalue weighted by atomic mass is 31.2. The van der Waals surface area contributed by atoms with Gasteiger partial charge in [-0.25, -0.2) is 4.57 Å². The average Bonchev–Trinajstić information content (AvgIpc) is 3.55. The molecule has 1 rings (SSSR count). The molecule has 1 unspecified atom stereocenters. The minimum Gasteiger partial charge on any atom is -0.480 e. The van der Waals surface area contributed by atoms with E-state index in [1.54, 1.807) is 12.2 Å². The van der Waals surface area contributed by atoms with Crippen LogP contribution in [0.15, 0.2) is 60.8 Å². The van der Waals surface area contributed by atoms with E-state index in [0.29, 0.717) is 32.1 Å². The third-order valence-corrected chi connectivity index (χ3v) is 10.4. The number of unbranched alkanes of at least 4 members (excludes halogenated alkanes) is 11. The Morgan fingerprint density at radius 2 is 1.40 bits per heavy atom.